The molecule has 0 N–H and O–H groups in total. The normalized spacial score (nSPS) is 12.5. The molecule has 0 fully saturated rings. The Morgan fingerprint density at radius 3 is 2.55 bits per heavy atom. The zero-order valence-corrected chi connectivity index (χ0v) is 8.80. The van der Waals surface area contributed by atoms with Crippen molar-refractivity contribution in [3.8, 4) is 0 Å². The Hall–Kier alpha value is -0.150. The van der Waals surface area contributed by atoms with Crippen LogP contribution in [0, 0.1) is 0 Å². The molecule has 0 saturated heterocycles. The zero-order chi connectivity index (χ0) is 8.27. The molecule has 0 aliphatic carbocycles. The second-order valence-electron chi connectivity index (χ2n) is 2.06. The highest BCUT2D eigenvalue weighted by atomic mass is 79.9. The van der Waals surface area contributed by atoms with Crippen LogP contribution in [-0.4, -0.2) is 6.29 Å². The zero-order valence-electron chi connectivity index (χ0n) is 5.63. The summed E-state index contributed by atoms with van der Waals surface area (Å²) in [6.07, 6.45) is 0.861. The minimum Gasteiger partial charge on any atom is -0.302 e. The number of carbonyl (C=O) groups is 1. The first-order valence-electron chi connectivity index (χ1n) is 3.09. The van der Waals surface area contributed by atoms with Gasteiger partial charge in [-0.25, -0.2) is 0 Å². The summed E-state index contributed by atoms with van der Waals surface area (Å²) in [6.45, 7) is 0. The van der Waals surface area contributed by atoms with Crippen molar-refractivity contribution in [2.75, 3.05) is 0 Å². The van der Waals surface area contributed by atoms with Gasteiger partial charge in [-0.05, 0) is 11.6 Å². The van der Waals surface area contributed by atoms with Crippen molar-refractivity contribution in [1.82, 2.24) is 0 Å². The summed E-state index contributed by atoms with van der Waals surface area (Å²) < 4.78 is 0.953. The van der Waals surface area contributed by atoms with Crippen LogP contribution in [0.1, 0.15) is 10.4 Å². The summed E-state index contributed by atoms with van der Waals surface area (Å²) >= 11 is 6.59. The molecule has 1 rings (SSSR count). The second-order valence-corrected chi connectivity index (χ2v) is 3.90. The standard InChI is InChI=1S/C8H6Br2O/c9-7-4-2-1-3-6(7)8(10)5-11/h1-5,8H/t8-/m1/s1. The second kappa shape index (κ2) is 4.02. The molecule has 1 aromatic carbocycles. The molecule has 0 aliphatic rings. The highest BCUT2D eigenvalue weighted by molar-refractivity contribution is 9.11. The molecule has 1 nitrogen and oxygen atoms in total. The minimum atomic E-state index is -0.210. The number of benzene rings is 1. The minimum absolute atomic E-state index is 0.210. The Morgan fingerprint density at radius 1 is 1.36 bits per heavy atom. The summed E-state index contributed by atoms with van der Waals surface area (Å²) in [5, 5.41) is 0. The van der Waals surface area contributed by atoms with Gasteiger partial charge in [0.1, 0.15) is 6.29 Å². The molecule has 3 heteroatoms. The average Bonchev–Trinajstić information content (AvgIpc) is 2.04. The Kier molecular flexibility index (Phi) is 3.27. The first-order valence-corrected chi connectivity index (χ1v) is 4.80. The summed E-state index contributed by atoms with van der Waals surface area (Å²) in [5.41, 5.74) is 0.961. The van der Waals surface area contributed by atoms with Gasteiger partial charge in [0.2, 0.25) is 0 Å². The van der Waals surface area contributed by atoms with Gasteiger partial charge in [0.05, 0.1) is 4.83 Å². The largest absolute Gasteiger partial charge is 0.302 e. The van der Waals surface area contributed by atoms with Crippen molar-refractivity contribution in [3.63, 3.8) is 0 Å². The van der Waals surface area contributed by atoms with Gasteiger partial charge in [0, 0.05) is 4.47 Å². The molecular weight excluding hydrogens is 272 g/mol. The van der Waals surface area contributed by atoms with E-state index >= 15 is 0 Å². The Morgan fingerprint density at radius 2 is 2.00 bits per heavy atom. The van der Waals surface area contributed by atoms with Crippen molar-refractivity contribution >= 4 is 38.1 Å². The van der Waals surface area contributed by atoms with Crippen molar-refractivity contribution in [1.29, 1.82) is 0 Å². The topological polar surface area (TPSA) is 17.1 Å². The van der Waals surface area contributed by atoms with Crippen LogP contribution >= 0.6 is 31.9 Å². The SMILES string of the molecule is O=C[C@@H](Br)c1ccccc1Br. The lowest BCUT2D eigenvalue weighted by Gasteiger charge is -2.03. The van der Waals surface area contributed by atoms with Crippen molar-refractivity contribution < 1.29 is 4.79 Å². The van der Waals surface area contributed by atoms with Gasteiger partial charge in [-0.3, -0.25) is 0 Å². The lowest BCUT2D eigenvalue weighted by atomic mass is 10.2. The van der Waals surface area contributed by atoms with Crippen LogP contribution in [0.25, 0.3) is 0 Å². The average molecular weight is 278 g/mol. The van der Waals surface area contributed by atoms with E-state index in [1.165, 1.54) is 0 Å². The molecule has 0 heterocycles. The van der Waals surface area contributed by atoms with E-state index in [1.54, 1.807) is 0 Å². The lowest BCUT2D eigenvalue weighted by Crippen LogP contribution is -1.90. The van der Waals surface area contributed by atoms with E-state index in [0.717, 1.165) is 16.3 Å². The van der Waals surface area contributed by atoms with Crippen molar-refractivity contribution in [2.24, 2.45) is 0 Å². The Balaban J connectivity index is 3.02. The summed E-state index contributed by atoms with van der Waals surface area (Å²) in [5.74, 6) is 0. The molecular formula is C8H6Br2O. The van der Waals surface area contributed by atoms with E-state index < -0.39 is 0 Å². The third-order valence-corrected chi connectivity index (χ3v) is 2.75. The fourth-order valence-corrected chi connectivity index (χ4v) is 2.01. The maximum atomic E-state index is 10.4. The van der Waals surface area contributed by atoms with Gasteiger partial charge in [-0.1, -0.05) is 50.1 Å². The van der Waals surface area contributed by atoms with Gasteiger partial charge in [0.25, 0.3) is 0 Å². The lowest BCUT2D eigenvalue weighted by molar-refractivity contribution is -0.107. The van der Waals surface area contributed by atoms with Gasteiger partial charge < -0.3 is 4.79 Å². The van der Waals surface area contributed by atoms with E-state index in [0.29, 0.717) is 0 Å². The molecule has 58 valence electrons. The number of carbonyl (C=O) groups excluding carboxylic acids is 1. The molecule has 0 unspecified atom stereocenters. The van der Waals surface area contributed by atoms with E-state index in [-0.39, 0.29) is 4.83 Å². The molecule has 0 radical (unpaired) electrons. The van der Waals surface area contributed by atoms with Crippen LogP contribution in [0.2, 0.25) is 0 Å². The third kappa shape index (κ3) is 2.14. The maximum Gasteiger partial charge on any atom is 0.138 e. The van der Waals surface area contributed by atoms with Gasteiger partial charge in [-0.2, -0.15) is 0 Å². The first kappa shape index (κ1) is 8.94. The van der Waals surface area contributed by atoms with E-state index in [1.807, 2.05) is 24.3 Å². The van der Waals surface area contributed by atoms with Crippen LogP contribution in [0.5, 0.6) is 0 Å². The van der Waals surface area contributed by atoms with E-state index in [4.69, 9.17) is 0 Å². The van der Waals surface area contributed by atoms with Crippen molar-refractivity contribution in [2.45, 2.75) is 4.83 Å². The Labute approximate surface area is 82.1 Å². The van der Waals surface area contributed by atoms with Crippen molar-refractivity contribution in [3.05, 3.63) is 34.3 Å². The molecule has 0 bridgehead atoms. The van der Waals surface area contributed by atoms with Crippen LogP contribution in [-0.2, 0) is 4.79 Å². The number of hydrogen-bond donors (Lipinski definition) is 0. The highest BCUT2D eigenvalue weighted by Crippen LogP contribution is 2.27. The van der Waals surface area contributed by atoms with Gasteiger partial charge in [0.15, 0.2) is 0 Å². The van der Waals surface area contributed by atoms with Gasteiger partial charge >= 0.3 is 0 Å². The molecule has 1 aromatic rings. The molecule has 1 atom stereocenters. The molecule has 0 saturated carbocycles. The van der Waals surface area contributed by atoms with E-state index in [9.17, 15) is 4.79 Å². The summed E-state index contributed by atoms with van der Waals surface area (Å²) in [6, 6.07) is 7.63. The predicted octanol–water partition coefficient (Wildman–Crippen LogP) is 3.08. The number of aldehydes is 1. The highest BCUT2D eigenvalue weighted by Gasteiger charge is 2.07. The molecule has 0 aromatic heterocycles. The smallest absolute Gasteiger partial charge is 0.138 e. The number of hydrogen-bond acceptors (Lipinski definition) is 1. The molecule has 0 spiro atoms. The van der Waals surface area contributed by atoms with Crippen LogP contribution < -0.4 is 0 Å². The first-order chi connectivity index (χ1) is 5.25. The Bertz CT molecular complexity index is 260. The molecule has 0 amide bonds. The van der Waals surface area contributed by atoms with E-state index in [2.05, 4.69) is 31.9 Å². The quantitative estimate of drug-likeness (QED) is 0.600. The fraction of sp³-hybridized carbons (Fsp3) is 0.125. The van der Waals surface area contributed by atoms with Crippen LogP contribution in [0.4, 0.5) is 0 Å². The number of rotatable bonds is 2. The molecule has 11 heavy (non-hydrogen) atoms. The monoisotopic (exact) mass is 276 g/mol. The third-order valence-electron chi connectivity index (χ3n) is 1.32. The number of alkyl halides is 1. The van der Waals surface area contributed by atoms with Crippen LogP contribution in [0.15, 0.2) is 28.7 Å². The van der Waals surface area contributed by atoms with Gasteiger partial charge in [-0.15, -0.1) is 0 Å². The maximum absolute atomic E-state index is 10.4. The number of halogens is 2. The van der Waals surface area contributed by atoms with Crippen LogP contribution in [0.3, 0.4) is 0 Å². The summed E-state index contributed by atoms with van der Waals surface area (Å²) in [4.78, 5) is 10.2. The fourth-order valence-electron chi connectivity index (χ4n) is 0.772. The summed E-state index contributed by atoms with van der Waals surface area (Å²) in [7, 11) is 0. The molecule has 0 aliphatic heterocycles. The predicted molar refractivity (Wildman–Crippen MR) is 51.9 cm³/mol.